The standard InChI is InChI=1S/C22H17Cl2N3O/c23-17-9-5-15(6-10-17)22(28,16-7-11-18(24)12-8-16)21(13-14-21)27-20-4-2-1-3-19(20)25-26-27/h1-12,28H,13-14H2. The van der Waals surface area contributed by atoms with Crippen molar-refractivity contribution in [3.8, 4) is 0 Å². The zero-order valence-electron chi connectivity index (χ0n) is 14.9. The molecule has 4 aromatic rings. The molecule has 0 radical (unpaired) electrons. The molecular formula is C22H17Cl2N3O. The molecule has 0 spiro atoms. The first-order valence-corrected chi connectivity index (χ1v) is 9.86. The van der Waals surface area contributed by atoms with Gasteiger partial charge in [-0.05, 0) is 60.4 Å². The Bertz CT molecular complexity index is 1100. The second-order valence-electron chi connectivity index (χ2n) is 7.25. The van der Waals surface area contributed by atoms with Crippen LogP contribution in [0.15, 0.2) is 72.8 Å². The molecule has 1 aliphatic carbocycles. The fourth-order valence-corrected chi connectivity index (χ4v) is 4.37. The van der Waals surface area contributed by atoms with Crippen molar-refractivity contribution >= 4 is 34.2 Å². The Hall–Kier alpha value is -2.40. The van der Waals surface area contributed by atoms with E-state index in [-0.39, 0.29) is 0 Å². The van der Waals surface area contributed by atoms with Gasteiger partial charge in [-0.25, -0.2) is 4.68 Å². The minimum absolute atomic E-state index is 0.623. The number of aromatic nitrogens is 3. The number of hydrogen-bond donors (Lipinski definition) is 1. The lowest BCUT2D eigenvalue weighted by atomic mass is 9.78. The topological polar surface area (TPSA) is 50.9 Å². The minimum Gasteiger partial charge on any atom is -0.378 e. The average Bonchev–Trinajstić information content (AvgIpc) is 3.41. The molecular weight excluding hydrogens is 393 g/mol. The van der Waals surface area contributed by atoms with E-state index in [1.165, 1.54) is 0 Å². The summed E-state index contributed by atoms with van der Waals surface area (Å²) in [5.41, 5.74) is 1.29. The molecule has 140 valence electrons. The fraction of sp³-hybridized carbons (Fsp3) is 0.182. The van der Waals surface area contributed by atoms with Crippen LogP contribution in [0.3, 0.4) is 0 Å². The Morgan fingerprint density at radius 3 is 1.89 bits per heavy atom. The number of fused-ring (bicyclic) bond motifs is 1. The van der Waals surface area contributed by atoms with Crippen molar-refractivity contribution in [2.75, 3.05) is 0 Å². The summed E-state index contributed by atoms with van der Waals surface area (Å²) in [5, 5.41) is 22.3. The van der Waals surface area contributed by atoms with Crippen LogP contribution < -0.4 is 0 Å². The highest BCUT2D eigenvalue weighted by Gasteiger charge is 2.63. The zero-order chi connectivity index (χ0) is 19.4. The maximum atomic E-state index is 12.3. The second-order valence-corrected chi connectivity index (χ2v) is 8.12. The molecule has 1 aromatic heterocycles. The Kier molecular flexibility index (Phi) is 3.98. The van der Waals surface area contributed by atoms with Crippen LogP contribution in [0.25, 0.3) is 11.0 Å². The van der Waals surface area contributed by atoms with Crippen molar-refractivity contribution < 1.29 is 5.11 Å². The van der Waals surface area contributed by atoms with Gasteiger partial charge in [0.05, 0.1) is 5.52 Å². The Labute approximate surface area is 172 Å². The Morgan fingerprint density at radius 2 is 1.36 bits per heavy atom. The molecule has 0 amide bonds. The van der Waals surface area contributed by atoms with E-state index in [1.807, 2.05) is 53.2 Å². The monoisotopic (exact) mass is 409 g/mol. The number of halogens is 2. The molecule has 1 fully saturated rings. The molecule has 1 N–H and O–H groups in total. The molecule has 1 heterocycles. The van der Waals surface area contributed by atoms with Crippen molar-refractivity contribution in [1.82, 2.24) is 15.0 Å². The van der Waals surface area contributed by atoms with Crippen LogP contribution >= 0.6 is 23.2 Å². The van der Waals surface area contributed by atoms with Crippen molar-refractivity contribution in [1.29, 1.82) is 0 Å². The number of benzene rings is 3. The highest BCUT2D eigenvalue weighted by atomic mass is 35.5. The summed E-state index contributed by atoms with van der Waals surface area (Å²) >= 11 is 12.2. The lowest BCUT2D eigenvalue weighted by Crippen LogP contribution is -2.45. The molecule has 1 aliphatic rings. The van der Waals surface area contributed by atoms with Crippen molar-refractivity contribution in [2.45, 2.75) is 24.0 Å². The van der Waals surface area contributed by atoms with Gasteiger partial charge in [0.2, 0.25) is 0 Å². The number of nitrogens with zero attached hydrogens (tertiary/aromatic N) is 3. The van der Waals surface area contributed by atoms with E-state index in [0.717, 1.165) is 35.0 Å². The van der Waals surface area contributed by atoms with Gasteiger partial charge in [-0.3, -0.25) is 0 Å². The molecule has 0 bridgehead atoms. The zero-order valence-corrected chi connectivity index (χ0v) is 16.4. The van der Waals surface area contributed by atoms with E-state index >= 15 is 0 Å². The quantitative estimate of drug-likeness (QED) is 0.506. The predicted octanol–water partition coefficient (Wildman–Crippen LogP) is 5.16. The summed E-state index contributed by atoms with van der Waals surface area (Å²) in [4.78, 5) is 0. The molecule has 28 heavy (non-hydrogen) atoms. The highest BCUT2D eigenvalue weighted by Crippen LogP contribution is 2.59. The first-order valence-electron chi connectivity index (χ1n) is 9.10. The van der Waals surface area contributed by atoms with Crippen molar-refractivity contribution in [3.05, 3.63) is 94.0 Å². The van der Waals surface area contributed by atoms with E-state index in [9.17, 15) is 5.11 Å². The van der Waals surface area contributed by atoms with Gasteiger partial charge in [-0.2, -0.15) is 0 Å². The van der Waals surface area contributed by atoms with Crippen LogP contribution in [0.2, 0.25) is 10.0 Å². The molecule has 0 unspecified atom stereocenters. The molecule has 5 rings (SSSR count). The summed E-state index contributed by atoms with van der Waals surface area (Å²) in [6.07, 6.45) is 1.56. The Balaban J connectivity index is 1.76. The van der Waals surface area contributed by atoms with Crippen LogP contribution in [0.1, 0.15) is 24.0 Å². The van der Waals surface area contributed by atoms with E-state index in [0.29, 0.717) is 10.0 Å². The third kappa shape index (κ3) is 2.49. The normalized spacial score (nSPS) is 15.7. The van der Waals surface area contributed by atoms with Crippen molar-refractivity contribution in [2.24, 2.45) is 0 Å². The summed E-state index contributed by atoms with van der Waals surface area (Å²) in [6.45, 7) is 0. The van der Waals surface area contributed by atoms with E-state index < -0.39 is 11.1 Å². The van der Waals surface area contributed by atoms with Gasteiger partial charge in [0.25, 0.3) is 0 Å². The molecule has 0 aliphatic heterocycles. The molecule has 0 saturated heterocycles. The van der Waals surface area contributed by atoms with Gasteiger partial charge in [0.15, 0.2) is 0 Å². The maximum Gasteiger partial charge on any atom is 0.140 e. The van der Waals surface area contributed by atoms with Crippen LogP contribution in [0, 0.1) is 0 Å². The summed E-state index contributed by atoms with van der Waals surface area (Å²) in [7, 11) is 0. The Morgan fingerprint density at radius 1 is 0.821 bits per heavy atom. The van der Waals surface area contributed by atoms with E-state index in [4.69, 9.17) is 23.2 Å². The third-order valence-corrected chi connectivity index (χ3v) is 6.18. The van der Waals surface area contributed by atoms with Gasteiger partial charge in [0, 0.05) is 10.0 Å². The van der Waals surface area contributed by atoms with Crippen LogP contribution in [0.5, 0.6) is 0 Å². The molecule has 4 nitrogen and oxygen atoms in total. The van der Waals surface area contributed by atoms with Crippen LogP contribution in [0.4, 0.5) is 0 Å². The van der Waals surface area contributed by atoms with Gasteiger partial charge in [-0.1, -0.05) is 64.8 Å². The van der Waals surface area contributed by atoms with Crippen LogP contribution in [-0.4, -0.2) is 20.1 Å². The fourth-order valence-electron chi connectivity index (χ4n) is 4.12. The third-order valence-electron chi connectivity index (χ3n) is 5.68. The average molecular weight is 410 g/mol. The van der Waals surface area contributed by atoms with Gasteiger partial charge < -0.3 is 5.11 Å². The summed E-state index contributed by atoms with van der Waals surface area (Å²) < 4.78 is 1.88. The lowest BCUT2D eigenvalue weighted by molar-refractivity contribution is 0.00262. The van der Waals surface area contributed by atoms with Gasteiger partial charge in [0.1, 0.15) is 16.7 Å². The maximum absolute atomic E-state index is 12.3. The molecule has 0 atom stereocenters. The van der Waals surface area contributed by atoms with Gasteiger partial charge in [-0.15, -0.1) is 5.10 Å². The highest BCUT2D eigenvalue weighted by molar-refractivity contribution is 6.30. The first kappa shape index (κ1) is 17.7. The predicted molar refractivity (Wildman–Crippen MR) is 111 cm³/mol. The number of rotatable bonds is 4. The number of hydrogen-bond acceptors (Lipinski definition) is 3. The van der Waals surface area contributed by atoms with Gasteiger partial charge >= 0.3 is 0 Å². The largest absolute Gasteiger partial charge is 0.378 e. The van der Waals surface area contributed by atoms with E-state index in [2.05, 4.69) is 10.3 Å². The SMILES string of the molecule is OC(c1ccc(Cl)cc1)(c1ccc(Cl)cc1)C1(n2nnc3ccccc32)CC1. The molecule has 6 heteroatoms. The first-order chi connectivity index (χ1) is 13.5. The van der Waals surface area contributed by atoms with E-state index in [1.54, 1.807) is 24.3 Å². The molecule has 3 aromatic carbocycles. The lowest BCUT2D eigenvalue weighted by Gasteiger charge is -2.38. The summed E-state index contributed by atoms with van der Waals surface area (Å²) in [5.74, 6) is 0. The van der Waals surface area contributed by atoms with Crippen molar-refractivity contribution in [3.63, 3.8) is 0 Å². The summed E-state index contributed by atoms with van der Waals surface area (Å²) in [6, 6.07) is 22.5. The van der Waals surface area contributed by atoms with Crippen LogP contribution in [-0.2, 0) is 11.1 Å². The second kappa shape index (κ2) is 6.31. The minimum atomic E-state index is -1.31. The number of aliphatic hydroxyl groups is 1. The number of para-hydroxylation sites is 1. The smallest absolute Gasteiger partial charge is 0.140 e. The molecule has 1 saturated carbocycles.